The van der Waals surface area contributed by atoms with Crippen LogP contribution < -0.4 is 0 Å². The fraction of sp³-hybridized carbons (Fsp3) is 0. The Labute approximate surface area is 340 Å². The number of fused-ring (bicyclic) bond motifs is 9. The molecule has 6 nitrogen and oxygen atoms in total. The summed E-state index contributed by atoms with van der Waals surface area (Å²) in [4.78, 5) is 14.6. The van der Waals surface area contributed by atoms with Gasteiger partial charge in [0, 0.05) is 43.6 Å². The van der Waals surface area contributed by atoms with Gasteiger partial charge in [-0.15, -0.1) is 0 Å². The Morgan fingerprint density at radius 1 is 0.421 bits per heavy atom. The minimum Gasteiger partial charge on any atom is -0.456 e. The lowest BCUT2D eigenvalue weighted by Gasteiger charge is -2.10. The van der Waals surface area contributed by atoms with Gasteiger partial charge >= 0.3 is 0 Å². The Kier molecular flexibility index (Phi) is 5.02. The van der Waals surface area contributed by atoms with Crippen molar-refractivity contribution in [1.29, 1.82) is 0 Å². The highest BCUT2D eigenvalue weighted by molar-refractivity contribution is 6.15. The van der Waals surface area contributed by atoms with Crippen LogP contribution in [0.25, 0.3) is 117 Å². The maximum atomic E-state index is 9.67. The molecule has 6 heteroatoms. The Morgan fingerprint density at radius 3 is 1.98 bits per heavy atom. The second kappa shape index (κ2) is 12.3. The molecule has 12 rings (SSSR count). The topological polar surface area (TPSA) is 69.9 Å². The van der Waals surface area contributed by atoms with Crippen LogP contribution in [-0.4, -0.2) is 19.5 Å². The van der Waals surface area contributed by atoms with E-state index >= 15 is 0 Å². The van der Waals surface area contributed by atoms with Crippen molar-refractivity contribution in [3.8, 4) is 51.0 Å². The maximum absolute atomic E-state index is 9.67. The van der Waals surface area contributed by atoms with Gasteiger partial charge in [0.2, 0.25) is 0 Å². The molecule has 4 heterocycles. The average Bonchev–Trinajstić information content (AvgIpc) is 4.02. The van der Waals surface area contributed by atoms with Crippen LogP contribution in [0, 0.1) is 0 Å². The molecular formula is C51H30N4O2. The predicted octanol–water partition coefficient (Wildman–Crippen LogP) is 13.4. The highest BCUT2D eigenvalue weighted by Crippen LogP contribution is 2.41. The molecule has 0 radical (unpaired) electrons. The number of hydrogen-bond donors (Lipinski definition) is 0. The molecule has 8 aromatic carbocycles. The van der Waals surface area contributed by atoms with Crippen molar-refractivity contribution in [3.05, 3.63) is 182 Å². The fourth-order valence-corrected chi connectivity index (χ4v) is 7.78. The number of furan rings is 2. The van der Waals surface area contributed by atoms with E-state index < -0.39 is 18.1 Å². The van der Waals surface area contributed by atoms with E-state index in [-0.39, 0.29) is 115 Å². The monoisotopic (exact) mass is 740 g/mol. The summed E-state index contributed by atoms with van der Waals surface area (Å²) in [5.74, 6) is 0.531. The molecule has 0 fully saturated rings. The highest BCUT2D eigenvalue weighted by atomic mass is 16.3. The maximum Gasteiger partial charge on any atom is 0.164 e. The molecule has 0 saturated carbocycles. The molecule has 0 saturated heterocycles. The number of benzene rings is 8. The van der Waals surface area contributed by atoms with Crippen LogP contribution in [0.5, 0.6) is 0 Å². The van der Waals surface area contributed by atoms with Crippen molar-refractivity contribution >= 4 is 65.7 Å². The standard InChI is InChI=1S/C51H30N4O2/c1-3-13-31(14-4-1)35-19-11-23-43-47(35)38-27-25-33(29-45(38)56-43)50-52-49(32-15-5-2-6-16-32)53-51(54-50)34-26-28-39-46(30-34)57-44-24-12-22-42(48(39)44)55-40-20-9-7-17-36(40)37-18-8-10-21-41(37)55/h1-30H/i7D,8D,9D,12D,17D,18D,22D,24D,26D,30D. The molecule has 0 amide bonds. The summed E-state index contributed by atoms with van der Waals surface area (Å²) in [5.41, 5.74) is 4.83. The van der Waals surface area contributed by atoms with Gasteiger partial charge in [-0.25, -0.2) is 15.0 Å². The summed E-state index contributed by atoms with van der Waals surface area (Å²) in [7, 11) is 0. The zero-order chi connectivity index (χ0) is 46.2. The van der Waals surface area contributed by atoms with Gasteiger partial charge < -0.3 is 13.4 Å². The van der Waals surface area contributed by atoms with Gasteiger partial charge in [0.05, 0.1) is 35.8 Å². The van der Waals surface area contributed by atoms with Crippen molar-refractivity contribution in [2.45, 2.75) is 0 Å². The molecule has 0 unspecified atom stereocenters. The van der Waals surface area contributed by atoms with Gasteiger partial charge in [-0.05, 0) is 65.7 Å². The van der Waals surface area contributed by atoms with E-state index in [2.05, 4.69) is 18.2 Å². The molecule has 266 valence electrons. The van der Waals surface area contributed by atoms with Crippen molar-refractivity contribution in [2.75, 3.05) is 0 Å². The van der Waals surface area contributed by atoms with E-state index in [1.807, 2.05) is 78.9 Å². The quantitative estimate of drug-likeness (QED) is 0.176. The number of aromatic nitrogens is 4. The Morgan fingerprint density at radius 2 is 1.14 bits per heavy atom. The molecule has 57 heavy (non-hydrogen) atoms. The number of para-hydroxylation sites is 2. The van der Waals surface area contributed by atoms with Crippen molar-refractivity contribution < 1.29 is 22.5 Å². The molecule has 12 aromatic rings. The zero-order valence-electron chi connectivity index (χ0n) is 39.7. The van der Waals surface area contributed by atoms with E-state index in [0.29, 0.717) is 22.3 Å². The summed E-state index contributed by atoms with van der Waals surface area (Å²) in [6, 6.07) is 33.4. The third kappa shape index (κ3) is 4.94. The lowest BCUT2D eigenvalue weighted by atomic mass is 9.99. The van der Waals surface area contributed by atoms with Crippen LogP contribution in [0.3, 0.4) is 0 Å². The lowest BCUT2D eigenvalue weighted by Crippen LogP contribution is -2.00. The molecular weight excluding hydrogens is 701 g/mol. The van der Waals surface area contributed by atoms with Crippen molar-refractivity contribution in [1.82, 2.24) is 19.5 Å². The van der Waals surface area contributed by atoms with Gasteiger partial charge in [0.1, 0.15) is 22.3 Å². The minimum absolute atomic E-state index is 0.000299. The van der Waals surface area contributed by atoms with Crippen molar-refractivity contribution in [2.24, 2.45) is 0 Å². The Balaban J connectivity index is 1.10. The molecule has 0 aliphatic carbocycles. The second-order valence-corrected chi connectivity index (χ2v) is 13.6. The number of nitrogens with zero attached hydrogens (tertiary/aromatic N) is 4. The second-order valence-electron chi connectivity index (χ2n) is 13.6. The third-order valence-corrected chi connectivity index (χ3v) is 10.3. The van der Waals surface area contributed by atoms with Crippen molar-refractivity contribution in [3.63, 3.8) is 0 Å². The molecule has 4 aromatic heterocycles. The van der Waals surface area contributed by atoms with Crippen LogP contribution in [-0.2, 0) is 0 Å². The van der Waals surface area contributed by atoms with E-state index in [1.54, 1.807) is 0 Å². The van der Waals surface area contributed by atoms with E-state index in [1.165, 1.54) is 28.8 Å². The minimum atomic E-state index is -0.515. The van der Waals surface area contributed by atoms with Gasteiger partial charge in [-0.1, -0.05) is 127 Å². The smallest absolute Gasteiger partial charge is 0.164 e. The molecule has 0 spiro atoms. The summed E-state index contributed by atoms with van der Waals surface area (Å²) >= 11 is 0. The zero-order valence-corrected chi connectivity index (χ0v) is 29.7. The first-order chi connectivity index (χ1) is 32.4. The summed E-state index contributed by atoms with van der Waals surface area (Å²) in [6.45, 7) is 0. The largest absolute Gasteiger partial charge is 0.456 e. The summed E-state index contributed by atoms with van der Waals surface area (Å²) in [6.07, 6.45) is 0. The molecule has 0 bridgehead atoms. The highest BCUT2D eigenvalue weighted by Gasteiger charge is 2.20. The van der Waals surface area contributed by atoms with Gasteiger partial charge in [-0.3, -0.25) is 0 Å². The van der Waals surface area contributed by atoms with Crippen LogP contribution in [0.15, 0.2) is 191 Å². The first-order valence-corrected chi connectivity index (χ1v) is 18.2. The predicted molar refractivity (Wildman–Crippen MR) is 230 cm³/mol. The van der Waals surface area contributed by atoms with Crippen LogP contribution in [0.1, 0.15) is 13.7 Å². The molecule has 0 aliphatic rings. The fourth-order valence-electron chi connectivity index (χ4n) is 7.78. The van der Waals surface area contributed by atoms with E-state index in [9.17, 15) is 4.11 Å². The third-order valence-electron chi connectivity index (χ3n) is 10.3. The van der Waals surface area contributed by atoms with Gasteiger partial charge in [0.15, 0.2) is 17.5 Å². The Bertz CT molecular complexity index is 4110. The Hall–Kier alpha value is -7.83. The van der Waals surface area contributed by atoms with Crippen LogP contribution in [0.4, 0.5) is 0 Å². The average molecular weight is 741 g/mol. The molecule has 0 atom stereocenters. The number of rotatable bonds is 5. The van der Waals surface area contributed by atoms with Crippen LogP contribution in [0.2, 0.25) is 0 Å². The summed E-state index contributed by atoms with van der Waals surface area (Å²) < 4.78 is 104. The normalized spacial score (nSPS) is 14.3. The first-order valence-electron chi connectivity index (χ1n) is 23.2. The van der Waals surface area contributed by atoms with Crippen LogP contribution >= 0.6 is 0 Å². The van der Waals surface area contributed by atoms with E-state index in [4.69, 9.17) is 33.4 Å². The van der Waals surface area contributed by atoms with Gasteiger partial charge in [0.25, 0.3) is 0 Å². The van der Waals surface area contributed by atoms with E-state index in [0.717, 1.165) is 21.9 Å². The molecule has 0 aliphatic heterocycles. The number of hydrogen-bond acceptors (Lipinski definition) is 5. The first kappa shape index (κ1) is 23.2. The lowest BCUT2D eigenvalue weighted by molar-refractivity contribution is 0.668. The SMILES string of the molecule is [2H]c1cc2c(c([2H])c1[2H])c1c([2H])c([2H])ccc1n2-c1c([2H])c([2H])c([2H])c2oc3c([2H])c(-c4nc(-c5ccccc5)nc(-c5ccc6c(c5)oc5cccc(-c7ccccc7)c56)n4)c([2H])cc3c12. The summed E-state index contributed by atoms with van der Waals surface area (Å²) in [5, 5.41) is 2.39. The molecule has 0 N–H and O–H groups in total. The van der Waals surface area contributed by atoms with Gasteiger partial charge in [-0.2, -0.15) is 0 Å².